The minimum absolute atomic E-state index is 0.00814. The lowest BCUT2D eigenvalue weighted by Gasteiger charge is -2.36. The highest BCUT2D eigenvalue weighted by Crippen LogP contribution is 2.30. The van der Waals surface area contributed by atoms with E-state index in [0.29, 0.717) is 36.5 Å². The van der Waals surface area contributed by atoms with Crippen molar-refractivity contribution in [3.05, 3.63) is 100 Å². The van der Waals surface area contributed by atoms with Gasteiger partial charge in [0.15, 0.2) is 0 Å². The van der Waals surface area contributed by atoms with Gasteiger partial charge < -0.3 is 10.2 Å². The Morgan fingerprint density at radius 2 is 1.87 bits per heavy atom. The molecule has 150 valence electrons. The van der Waals surface area contributed by atoms with Crippen molar-refractivity contribution < 1.29 is 4.79 Å². The van der Waals surface area contributed by atoms with Gasteiger partial charge in [-0.2, -0.15) is 5.26 Å². The summed E-state index contributed by atoms with van der Waals surface area (Å²) >= 11 is 6.17. The number of halogens is 1. The molecule has 1 atom stereocenters. The highest BCUT2D eigenvalue weighted by Gasteiger charge is 2.26. The second-order valence-electron chi connectivity index (χ2n) is 7.60. The summed E-state index contributed by atoms with van der Waals surface area (Å²) in [5.74, 6) is 0.00814. The van der Waals surface area contributed by atoms with Crippen molar-refractivity contribution in [3.63, 3.8) is 0 Å². The molecule has 1 amide bonds. The third-order valence-electron chi connectivity index (χ3n) is 5.29. The molecule has 1 unspecified atom stereocenters. The van der Waals surface area contributed by atoms with Gasteiger partial charge in [0.05, 0.1) is 24.1 Å². The number of rotatable bonds is 5. The van der Waals surface area contributed by atoms with Crippen molar-refractivity contribution in [2.45, 2.75) is 25.4 Å². The molecule has 0 spiro atoms. The molecule has 1 aliphatic heterocycles. The van der Waals surface area contributed by atoms with Gasteiger partial charge in [-0.3, -0.25) is 4.79 Å². The van der Waals surface area contributed by atoms with E-state index >= 15 is 0 Å². The van der Waals surface area contributed by atoms with Crippen LogP contribution in [0.3, 0.4) is 0 Å². The smallest absolute Gasteiger partial charge is 0.224 e. The number of benzene rings is 3. The van der Waals surface area contributed by atoms with Gasteiger partial charge in [-0.1, -0.05) is 54.1 Å². The molecule has 0 saturated heterocycles. The Bertz CT molecular complexity index is 1090. The van der Waals surface area contributed by atoms with Crippen molar-refractivity contribution >= 4 is 23.2 Å². The van der Waals surface area contributed by atoms with Gasteiger partial charge in [0, 0.05) is 23.8 Å². The lowest BCUT2D eigenvalue weighted by molar-refractivity contribution is -0.121. The van der Waals surface area contributed by atoms with Gasteiger partial charge in [-0.25, -0.2) is 0 Å². The minimum atomic E-state index is -0.0261. The zero-order chi connectivity index (χ0) is 20.9. The molecule has 0 radical (unpaired) electrons. The number of nitrogens with zero attached hydrogens (tertiary/aromatic N) is 2. The van der Waals surface area contributed by atoms with E-state index in [0.717, 1.165) is 22.4 Å². The SMILES string of the molecule is N#Cc1ccc2c(c1)CC(NC(=O)Cc1ccccc1)CN2Cc1cccc(Cl)c1. The average molecular weight is 416 g/mol. The minimum Gasteiger partial charge on any atom is -0.365 e. The number of anilines is 1. The molecule has 5 heteroatoms. The molecule has 1 aliphatic rings. The number of carbonyl (C=O) groups excluding carboxylic acids is 1. The Balaban J connectivity index is 1.54. The van der Waals surface area contributed by atoms with E-state index in [2.05, 4.69) is 16.3 Å². The number of amides is 1. The molecule has 0 bridgehead atoms. The van der Waals surface area contributed by atoms with Crippen LogP contribution in [0.5, 0.6) is 0 Å². The number of hydrogen-bond donors (Lipinski definition) is 1. The Morgan fingerprint density at radius 1 is 1.07 bits per heavy atom. The topological polar surface area (TPSA) is 56.1 Å². The first-order valence-electron chi connectivity index (χ1n) is 9.96. The summed E-state index contributed by atoms with van der Waals surface area (Å²) in [6.07, 6.45) is 1.06. The van der Waals surface area contributed by atoms with Crippen LogP contribution in [0.2, 0.25) is 5.02 Å². The zero-order valence-corrected chi connectivity index (χ0v) is 17.3. The van der Waals surface area contributed by atoms with Gasteiger partial charge in [0.2, 0.25) is 5.91 Å². The van der Waals surface area contributed by atoms with Gasteiger partial charge in [0.25, 0.3) is 0 Å². The zero-order valence-electron chi connectivity index (χ0n) is 16.5. The quantitative estimate of drug-likeness (QED) is 0.667. The van der Waals surface area contributed by atoms with Gasteiger partial charge in [0.1, 0.15) is 0 Å². The van der Waals surface area contributed by atoms with Crippen LogP contribution in [0.4, 0.5) is 5.69 Å². The molecule has 1 N–H and O–H groups in total. The molecule has 3 aromatic carbocycles. The summed E-state index contributed by atoms with van der Waals surface area (Å²) in [5, 5.41) is 13.2. The summed E-state index contributed by atoms with van der Waals surface area (Å²) in [6, 6.07) is 25.5. The summed E-state index contributed by atoms with van der Waals surface area (Å²) in [5.41, 5.74) is 4.91. The molecule has 0 fully saturated rings. The van der Waals surface area contributed by atoms with E-state index < -0.39 is 0 Å². The standard InChI is InChI=1S/C25H22ClN3O/c26-22-8-4-7-20(12-22)16-29-17-23(14-21-11-19(15-27)9-10-24(21)29)28-25(30)13-18-5-2-1-3-6-18/h1-12,23H,13-14,16-17H2,(H,28,30). The molecular weight excluding hydrogens is 394 g/mol. The maximum absolute atomic E-state index is 12.6. The number of nitriles is 1. The highest BCUT2D eigenvalue weighted by molar-refractivity contribution is 6.30. The number of carbonyl (C=O) groups is 1. The fourth-order valence-corrected chi connectivity index (χ4v) is 4.20. The number of fused-ring (bicyclic) bond motifs is 1. The second kappa shape index (κ2) is 9.02. The van der Waals surface area contributed by atoms with Crippen molar-refractivity contribution in [2.24, 2.45) is 0 Å². The van der Waals surface area contributed by atoms with Crippen molar-refractivity contribution in [1.29, 1.82) is 5.26 Å². The third kappa shape index (κ3) is 4.82. The van der Waals surface area contributed by atoms with Crippen molar-refractivity contribution in [2.75, 3.05) is 11.4 Å². The second-order valence-corrected chi connectivity index (χ2v) is 8.03. The van der Waals surface area contributed by atoms with Crippen LogP contribution in [0.1, 0.15) is 22.3 Å². The predicted octanol–water partition coefficient (Wildman–Crippen LogP) is 4.50. The van der Waals surface area contributed by atoms with Crippen LogP contribution in [0, 0.1) is 11.3 Å². The van der Waals surface area contributed by atoms with E-state index in [1.165, 1.54) is 0 Å². The summed E-state index contributed by atoms with van der Waals surface area (Å²) < 4.78 is 0. The molecule has 3 aromatic rings. The molecule has 4 rings (SSSR count). The first kappa shape index (κ1) is 20.0. The monoisotopic (exact) mass is 415 g/mol. The summed E-state index contributed by atoms with van der Waals surface area (Å²) in [6.45, 7) is 1.39. The molecular formula is C25H22ClN3O. The molecule has 0 aromatic heterocycles. The summed E-state index contributed by atoms with van der Waals surface area (Å²) in [7, 11) is 0. The molecule has 30 heavy (non-hydrogen) atoms. The van der Waals surface area contributed by atoms with Crippen LogP contribution in [0.25, 0.3) is 0 Å². The maximum Gasteiger partial charge on any atom is 0.224 e. The van der Waals surface area contributed by atoms with Crippen molar-refractivity contribution in [3.8, 4) is 6.07 Å². The number of hydrogen-bond acceptors (Lipinski definition) is 3. The first-order valence-corrected chi connectivity index (χ1v) is 10.3. The Hall–Kier alpha value is -3.29. The van der Waals surface area contributed by atoms with E-state index in [9.17, 15) is 10.1 Å². The lowest BCUT2D eigenvalue weighted by atomic mass is 9.95. The van der Waals surface area contributed by atoms with Crippen LogP contribution in [-0.2, 0) is 24.2 Å². The summed E-state index contributed by atoms with van der Waals surface area (Å²) in [4.78, 5) is 14.9. The van der Waals surface area contributed by atoms with Gasteiger partial charge in [-0.05, 0) is 53.4 Å². The largest absolute Gasteiger partial charge is 0.365 e. The van der Waals surface area contributed by atoms with Gasteiger partial charge in [-0.15, -0.1) is 0 Å². The predicted molar refractivity (Wildman–Crippen MR) is 119 cm³/mol. The van der Waals surface area contributed by atoms with E-state index in [1.54, 1.807) is 0 Å². The van der Waals surface area contributed by atoms with Crippen LogP contribution < -0.4 is 10.2 Å². The normalized spacial score (nSPS) is 15.2. The van der Waals surface area contributed by atoms with Crippen LogP contribution >= 0.6 is 11.6 Å². The molecule has 4 nitrogen and oxygen atoms in total. The fourth-order valence-electron chi connectivity index (χ4n) is 3.98. The Kier molecular flexibility index (Phi) is 6.02. The molecule has 0 saturated carbocycles. The Morgan fingerprint density at radius 3 is 2.63 bits per heavy atom. The average Bonchev–Trinajstić information content (AvgIpc) is 2.74. The molecule has 0 aliphatic carbocycles. The molecule has 1 heterocycles. The maximum atomic E-state index is 12.6. The first-order chi connectivity index (χ1) is 14.6. The number of nitrogens with one attached hydrogen (secondary N) is 1. The third-order valence-corrected chi connectivity index (χ3v) is 5.53. The van der Waals surface area contributed by atoms with E-state index in [1.807, 2.05) is 72.8 Å². The van der Waals surface area contributed by atoms with E-state index in [-0.39, 0.29) is 11.9 Å². The van der Waals surface area contributed by atoms with Crippen LogP contribution in [0.15, 0.2) is 72.8 Å². The van der Waals surface area contributed by atoms with Gasteiger partial charge >= 0.3 is 0 Å². The highest BCUT2D eigenvalue weighted by atomic mass is 35.5. The fraction of sp³-hybridized carbons (Fsp3) is 0.200. The lowest BCUT2D eigenvalue weighted by Crippen LogP contribution is -2.48. The Labute approximate surface area is 181 Å². The van der Waals surface area contributed by atoms with E-state index in [4.69, 9.17) is 11.6 Å². The van der Waals surface area contributed by atoms with Crippen LogP contribution in [-0.4, -0.2) is 18.5 Å². The van der Waals surface area contributed by atoms with Crippen molar-refractivity contribution in [1.82, 2.24) is 5.32 Å².